The molecule has 0 unspecified atom stereocenters. The van der Waals surface area contributed by atoms with Gasteiger partial charge in [0.25, 0.3) is 0 Å². The fourth-order valence-corrected chi connectivity index (χ4v) is 2.08. The Morgan fingerprint density at radius 3 is 2.90 bits per heavy atom. The summed E-state index contributed by atoms with van der Waals surface area (Å²) in [5, 5.41) is 4.36. The maximum absolute atomic E-state index is 6.17. The van der Waals surface area contributed by atoms with Crippen LogP contribution in [0.25, 0.3) is 10.9 Å². The summed E-state index contributed by atoms with van der Waals surface area (Å²) < 4.78 is 5.53. The predicted molar refractivity (Wildman–Crippen MR) is 85.0 cm³/mol. The lowest BCUT2D eigenvalue weighted by atomic mass is 10.1. The molecule has 20 heavy (non-hydrogen) atoms. The number of hydrogen-bond acceptors (Lipinski definition) is 4. The van der Waals surface area contributed by atoms with Crippen LogP contribution >= 0.6 is 0 Å². The second-order valence-corrected chi connectivity index (χ2v) is 4.84. The number of nitrogens with one attached hydrogen (secondary N) is 1. The Labute approximate surface area is 120 Å². The number of benzene rings is 1. The van der Waals surface area contributed by atoms with E-state index in [1.165, 1.54) is 6.42 Å². The third-order valence-electron chi connectivity index (χ3n) is 3.25. The Morgan fingerprint density at radius 1 is 1.20 bits per heavy atom. The number of nitrogen functional groups attached to an aromatic ring is 1. The van der Waals surface area contributed by atoms with Crippen LogP contribution < -0.4 is 11.1 Å². The van der Waals surface area contributed by atoms with E-state index in [4.69, 9.17) is 10.5 Å². The van der Waals surface area contributed by atoms with E-state index in [1.807, 2.05) is 24.3 Å². The Bertz CT molecular complexity index is 542. The summed E-state index contributed by atoms with van der Waals surface area (Å²) in [5.41, 5.74) is 8.83. The molecule has 108 valence electrons. The highest BCUT2D eigenvalue weighted by Crippen LogP contribution is 2.27. The number of aromatic nitrogens is 1. The summed E-state index contributed by atoms with van der Waals surface area (Å²) in [6.45, 7) is 4.69. The molecule has 2 rings (SSSR count). The number of ether oxygens (including phenoxy) is 1. The van der Waals surface area contributed by atoms with E-state index in [2.05, 4.69) is 17.2 Å². The molecule has 1 aromatic heterocycles. The number of unbranched alkanes of at least 4 members (excludes halogenated alkanes) is 1. The number of rotatable bonds is 8. The van der Waals surface area contributed by atoms with E-state index < -0.39 is 0 Å². The van der Waals surface area contributed by atoms with Crippen molar-refractivity contribution in [2.45, 2.75) is 26.2 Å². The zero-order valence-electron chi connectivity index (χ0n) is 12.1. The van der Waals surface area contributed by atoms with Gasteiger partial charge in [-0.05, 0) is 37.1 Å². The Morgan fingerprint density at radius 2 is 2.05 bits per heavy atom. The highest BCUT2D eigenvalue weighted by Gasteiger charge is 2.03. The second kappa shape index (κ2) is 7.70. The fourth-order valence-electron chi connectivity index (χ4n) is 2.08. The van der Waals surface area contributed by atoms with Crippen LogP contribution in [0.2, 0.25) is 0 Å². The first-order chi connectivity index (χ1) is 9.83. The van der Waals surface area contributed by atoms with Gasteiger partial charge in [-0.25, -0.2) is 0 Å². The van der Waals surface area contributed by atoms with Crippen molar-refractivity contribution in [3.8, 4) is 0 Å². The third kappa shape index (κ3) is 3.84. The molecule has 3 N–H and O–H groups in total. The van der Waals surface area contributed by atoms with Crippen molar-refractivity contribution >= 4 is 22.3 Å². The molecule has 4 heteroatoms. The third-order valence-corrected chi connectivity index (χ3v) is 3.25. The van der Waals surface area contributed by atoms with Crippen LogP contribution in [0.1, 0.15) is 26.2 Å². The lowest BCUT2D eigenvalue weighted by Gasteiger charge is -2.11. The van der Waals surface area contributed by atoms with Gasteiger partial charge < -0.3 is 15.8 Å². The lowest BCUT2D eigenvalue weighted by molar-refractivity contribution is 0.131. The van der Waals surface area contributed by atoms with E-state index >= 15 is 0 Å². The molecule has 0 spiro atoms. The molecule has 1 aromatic carbocycles. The summed E-state index contributed by atoms with van der Waals surface area (Å²) in [6, 6.07) is 7.88. The molecule has 2 aromatic rings. The molecule has 0 saturated heterocycles. The first-order valence-electron chi connectivity index (χ1n) is 7.27. The van der Waals surface area contributed by atoms with Gasteiger partial charge in [-0.2, -0.15) is 0 Å². The monoisotopic (exact) mass is 273 g/mol. The topological polar surface area (TPSA) is 60.2 Å². The van der Waals surface area contributed by atoms with Gasteiger partial charge in [0.2, 0.25) is 0 Å². The number of nitrogens with two attached hydrogens (primary N) is 1. The first-order valence-corrected chi connectivity index (χ1v) is 7.27. The van der Waals surface area contributed by atoms with Crippen molar-refractivity contribution in [3.05, 3.63) is 30.5 Å². The number of fused-ring (bicyclic) bond motifs is 1. The summed E-state index contributed by atoms with van der Waals surface area (Å²) in [6.07, 6.45) is 5.08. The fraction of sp³-hybridized carbons (Fsp3) is 0.438. The van der Waals surface area contributed by atoms with E-state index in [0.717, 1.165) is 54.9 Å². The number of nitrogens with zero attached hydrogens (tertiary/aromatic N) is 1. The Kier molecular flexibility index (Phi) is 5.62. The molecule has 1 heterocycles. The van der Waals surface area contributed by atoms with Crippen LogP contribution in [-0.4, -0.2) is 24.7 Å². The van der Waals surface area contributed by atoms with Crippen molar-refractivity contribution in [2.24, 2.45) is 0 Å². The van der Waals surface area contributed by atoms with Gasteiger partial charge in [-0.15, -0.1) is 0 Å². The maximum atomic E-state index is 6.17. The minimum atomic E-state index is 0.766. The molecule has 0 saturated carbocycles. The summed E-state index contributed by atoms with van der Waals surface area (Å²) in [4.78, 5) is 4.29. The SMILES string of the molecule is CCCCOCCCNc1ccc2ncccc2c1N. The zero-order valence-corrected chi connectivity index (χ0v) is 12.1. The standard InChI is InChI=1S/C16H23N3O/c1-2-3-11-20-12-5-10-19-15-8-7-14-13(16(15)17)6-4-9-18-14/h4,6-9,19H,2-3,5,10-12,17H2,1H3. The van der Waals surface area contributed by atoms with Crippen LogP contribution in [0, 0.1) is 0 Å². The Balaban J connectivity index is 1.83. The molecule has 0 aliphatic heterocycles. The molecular weight excluding hydrogens is 250 g/mol. The minimum Gasteiger partial charge on any atom is -0.397 e. The van der Waals surface area contributed by atoms with Crippen molar-refractivity contribution < 1.29 is 4.74 Å². The van der Waals surface area contributed by atoms with Gasteiger partial charge >= 0.3 is 0 Å². The minimum absolute atomic E-state index is 0.766. The van der Waals surface area contributed by atoms with Gasteiger partial charge in [0.05, 0.1) is 16.9 Å². The average Bonchev–Trinajstić information content (AvgIpc) is 2.49. The van der Waals surface area contributed by atoms with Crippen LogP contribution in [0.4, 0.5) is 11.4 Å². The molecule has 0 atom stereocenters. The smallest absolute Gasteiger partial charge is 0.0724 e. The van der Waals surface area contributed by atoms with Gasteiger partial charge in [0.1, 0.15) is 0 Å². The molecule has 0 radical (unpaired) electrons. The largest absolute Gasteiger partial charge is 0.397 e. The van der Waals surface area contributed by atoms with E-state index in [9.17, 15) is 0 Å². The van der Waals surface area contributed by atoms with Crippen LogP contribution in [0.3, 0.4) is 0 Å². The number of hydrogen-bond donors (Lipinski definition) is 2. The summed E-state index contributed by atoms with van der Waals surface area (Å²) in [5.74, 6) is 0. The van der Waals surface area contributed by atoms with Crippen LogP contribution in [0.5, 0.6) is 0 Å². The molecular formula is C16H23N3O. The molecule has 4 nitrogen and oxygen atoms in total. The van der Waals surface area contributed by atoms with Gasteiger partial charge in [0.15, 0.2) is 0 Å². The highest BCUT2D eigenvalue weighted by atomic mass is 16.5. The van der Waals surface area contributed by atoms with E-state index in [-0.39, 0.29) is 0 Å². The number of anilines is 2. The van der Waals surface area contributed by atoms with Gasteiger partial charge in [-0.3, -0.25) is 4.98 Å². The Hall–Kier alpha value is -1.81. The van der Waals surface area contributed by atoms with Crippen molar-refractivity contribution in [1.29, 1.82) is 0 Å². The normalized spacial score (nSPS) is 10.8. The highest BCUT2D eigenvalue weighted by molar-refractivity contribution is 5.96. The van der Waals surface area contributed by atoms with E-state index in [0.29, 0.717) is 0 Å². The van der Waals surface area contributed by atoms with Gasteiger partial charge in [0, 0.05) is 31.3 Å². The van der Waals surface area contributed by atoms with Crippen molar-refractivity contribution in [2.75, 3.05) is 30.8 Å². The summed E-state index contributed by atoms with van der Waals surface area (Å²) >= 11 is 0. The molecule has 0 amide bonds. The van der Waals surface area contributed by atoms with Gasteiger partial charge in [-0.1, -0.05) is 13.3 Å². The quantitative estimate of drug-likeness (QED) is 0.571. The van der Waals surface area contributed by atoms with Crippen LogP contribution in [0.15, 0.2) is 30.5 Å². The predicted octanol–water partition coefficient (Wildman–Crippen LogP) is 3.44. The number of pyridine rings is 1. The molecule has 0 fully saturated rings. The molecule has 0 bridgehead atoms. The summed E-state index contributed by atoms with van der Waals surface area (Å²) in [7, 11) is 0. The molecule has 0 aliphatic rings. The molecule has 0 aliphatic carbocycles. The first kappa shape index (κ1) is 14.6. The lowest BCUT2D eigenvalue weighted by Crippen LogP contribution is -2.08. The van der Waals surface area contributed by atoms with Crippen molar-refractivity contribution in [1.82, 2.24) is 4.98 Å². The van der Waals surface area contributed by atoms with E-state index in [1.54, 1.807) is 6.20 Å². The maximum Gasteiger partial charge on any atom is 0.0724 e. The zero-order chi connectivity index (χ0) is 14.2. The van der Waals surface area contributed by atoms with Crippen LogP contribution in [-0.2, 0) is 4.74 Å². The average molecular weight is 273 g/mol. The second-order valence-electron chi connectivity index (χ2n) is 4.84. The van der Waals surface area contributed by atoms with Crippen molar-refractivity contribution in [3.63, 3.8) is 0 Å².